The molecule has 3 rings (SSSR count). The molecule has 0 bridgehead atoms. The lowest BCUT2D eigenvalue weighted by Crippen LogP contribution is -2.04. The van der Waals surface area contributed by atoms with Crippen molar-refractivity contribution in [3.63, 3.8) is 0 Å². The van der Waals surface area contributed by atoms with E-state index in [1.165, 1.54) is 0 Å². The predicted molar refractivity (Wildman–Crippen MR) is 81.3 cm³/mol. The van der Waals surface area contributed by atoms with E-state index < -0.39 is 0 Å². The Morgan fingerprint density at radius 2 is 2.05 bits per heavy atom. The molecular weight excluding hydrogens is 256 g/mol. The first-order chi connectivity index (χ1) is 9.36. The van der Waals surface area contributed by atoms with Gasteiger partial charge in [-0.25, -0.2) is 4.98 Å². The molecule has 4 nitrogen and oxygen atoms in total. The van der Waals surface area contributed by atoms with Gasteiger partial charge >= 0.3 is 0 Å². The van der Waals surface area contributed by atoms with Gasteiger partial charge in [-0.15, -0.1) is 0 Å². The Hall–Kier alpha value is -2.14. The van der Waals surface area contributed by atoms with Gasteiger partial charge in [-0.2, -0.15) is 16.3 Å². The second kappa shape index (κ2) is 5.24. The Morgan fingerprint density at radius 1 is 1.16 bits per heavy atom. The topological polar surface area (TPSA) is 49.8 Å². The minimum Gasteiger partial charge on any atom is -0.354 e. The summed E-state index contributed by atoms with van der Waals surface area (Å²) < 4.78 is 0. The van der Waals surface area contributed by atoms with Crippen LogP contribution in [0.4, 0.5) is 17.5 Å². The number of thiophene rings is 1. The van der Waals surface area contributed by atoms with Crippen molar-refractivity contribution >= 4 is 39.7 Å². The van der Waals surface area contributed by atoms with Gasteiger partial charge in [0.1, 0.15) is 5.82 Å². The molecule has 2 N–H and O–H groups in total. The van der Waals surface area contributed by atoms with E-state index in [2.05, 4.69) is 26.0 Å². The fourth-order valence-corrected chi connectivity index (χ4v) is 2.47. The summed E-state index contributed by atoms with van der Waals surface area (Å²) in [6.07, 6.45) is 0. The zero-order valence-electron chi connectivity index (χ0n) is 10.6. The van der Waals surface area contributed by atoms with E-state index in [0.717, 1.165) is 29.0 Å². The summed E-state index contributed by atoms with van der Waals surface area (Å²) in [5, 5.41) is 11.6. The molecule has 0 aliphatic heterocycles. The maximum atomic E-state index is 4.54. The van der Waals surface area contributed by atoms with Crippen LogP contribution in [-0.2, 0) is 0 Å². The highest BCUT2D eigenvalue weighted by Gasteiger charge is 2.07. The molecule has 1 aromatic carbocycles. The number of nitrogens with zero attached hydrogens (tertiary/aromatic N) is 2. The number of fused-ring (bicyclic) bond motifs is 1. The van der Waals surface area contributed by atoms with E-state index >= 15 is 0 Å². The van der Waals surface area contributed by atoms with Crippen LogP contribution in [-0.4, -0.2) is 16.5 Å². The number of hydrogen-bond donors (Lipinski definition) is 2. The largest absolute Gasteiger partial charge is 0.354 e. The second-order valence-corrected chi connectivity index (χ2v) is 4.86. The van der Waals surface area contributed by atoms with Crippen molar-refractivity contribution in [1.82, 2.24) is 9.97 Å². The van der Waals surface area contributed by atoms with Crippen molar-refractivity contribution in [2.24, 2.45) is 0 Å². The molecule has 0 saturated carbocycles. The Bertz CT molecular complexity index is 679. The predicted octanol–water partition coefficient (Wildman–Crippen LogP) is 3.87. The molecule has 0 fully saturated rings. The molecule has 5 heteroatoms. The molecule has 19 heavy (non-hydrogen) atoms. The summed E-state index contributed by atoms with van der Waals surface area (Å²) in [5.74, 6) is 1.49. The van der Waals surface area contributed by atoms with Gasteiger partial charge in [-0.05, 0) is 30.5 Å². The van der Waals surface area contributed by atoms with Gasteiger partial charge < -0.3 is 10.6 Å². The summed E-state index contributed by atoms with van der Waals surface area (Å²) in [4.78, 5) is 9.03. The van der Waals surface area contributed by atoms with Crippen molar-refractivity contribution in [1.29, 1.82) is 0 Å². The first-order valence-corrected chi connectivity index (χ1v) is 7.11. The average molecular weight is 270 g/mol. The molecule has 0 aliphatic rings. The number of aromatic nitrogens is 2. The van der Waals surface area contributed by atoms with Crippen LogP contribution < -0.4 is 10.6 Å². The first-order valence-electron chi connectivity index (χ1n) is 6.16. The fraction of sp³-hybridized carbons (Fsp3) is 0.143. The third-order valence-corrected chi connectivity index (χ3v) is 3.41. The van der Waals surface area contributed by atoms with E-state index in [1.54, 1.807) is 11.3 Å². The highest BCUT2D eigenvalue weighted by Crippen LogP contribution is 2.25. The molecule has 0 amide bonds. The second-order valence-electron chi connectivity index (χ2n) is 4.08. The van der Waals surface area contributed by atoms with Crippen LogP contribution in [0.15, 0.2) is 41.1 Å². The number of benzene rings is 1. The van der Waals surface area contributed by atoms with E-state index in [0.29, 0.717) is 5.95 Å². The van der Waals surface area contributed by atoms with Crippen LogP contribution in [0.5, 0.6) is 0 Å². The number of hydrogen-bond acceptors (Lipinski definition) is 5. The molecule has 2 aromatic heterocycles. The van der Waals surface area contributed by atoms with Gasteiger partial charge in [0, 0.05) is 17.3 Å². The molecule has 2 heterocycles. The lowest BCUT2D eigenvalue weighted by atomic mass is 10.2. The van der Waals surface area contributed by atoms with Crippen LogP contribution in [0, 0.1) is 0 Å². The highest BCUT2D eigenvalue weighted by molar-refractivity contribution is 7.08. The summed E-state index contributed by atoms with van der Waals surface area (Å²) in [6.45, 7) is 2.83. The minimum atomic E-state index is 0.652. The summed E-state index contributed by atoms with van der Waals surface area (Å²) in [7, 11) is 0. The quantitative estimate of drug-likeness (QED) is 0.755. The summed E-state index contributed by atoms with van der Waals surface area (Å²) >= 11 is 1.66. The lowest BCUT2D eigenvalue weighted by molar-refractivity contribution is 1.11. The monoisotopic (exact) mass is 270 g/mol. The van der Waals surface area contributed by atoms with Crippen molar-refractivity contribution in [2.45, 2.75) is 6.92 Å². The standard InChI is InChI=1S/C14H14N4S/c1-2-15-14-17-12-6-4-3-5-11(12)13(18-14)16-10-7-8-19-9-10/h3-9H,2H2,1H3,(H2,15,16,17,18). The van der Waals surface area contributed by atoms with Crippen molar-refractivity contribution in [3.05, 3.63) is 41.1 Å². The Morgan fingerprint density at radius 3 is 2.84 bits per heavy atom. The smallest absolute Gasteiger partial charge is 0.225 e. The molecule has 0 spiro atoms. The van der Waals surface area contributed by atoms with Gasteiger partial charge in [0.25, 0.3) is 0 Å². The maximum Gasteiger partial charge on any atom is 0.225 e. The number of rotatable bonds is 4. The SMILES string of the molecule is CCNc1nc(Nc2ccsc2)c2ccccc2n1. The maximum absolute atomic E-state index is 4.54. The van der Waals surface area contributed by atoms with E-state index in [-0.39, 0.29) is 0 Å². The van der Waals surface area contributed by atoms with E-state index in [1.807, 2.05) is 42.6 Å². The molecule has 0 radical (unpaired) electrons. The lowest BCUT2D eigenvalue weighted by Gasteiger charge is -2.10. The van der Waals surface area contributed by atoms with Gasteiger partial charge in [-0.3, -0.25) is 0 Å². The molecular formula is C14H14N4S. The minimum absolute atomic E-state index is 0.652. The van der Waals surface area contributed by atoms with Gasteiger partial charge in [0.15, 0.2) is 0 Å². The number of anilines is 3. The molecule has 0 aliphatic carbocycles. The molecule has 0 saturated heterocycles. The van der Waals surface area contributed by atoms with E-state index in [4.69, 9.17) is 0 Å². The van der Waals surface area contributed by atoms with Crippen molar-refractivity contribution in [2.75, 3.05) is 17.2 Å². The van der Waals surface area contributed by atoms with Gasteiger partial charge in [0.05, 0.1) is 11.2 Å². The summed E-state index contributed by atoms with van der Waals surface area (Å²) in [6, 6.07) is 10.0. The third-order valence-electron chi connectivity index (χ3n) is 2.72. The van der Waals surface area contributed by atoms with Gasteiger partial charge in [-0.1, -0.05) is 12.1 Å². The average Bonchev–Trinajstić information content (AvgIpc) is 2.92. The normalized spacial score (nSPS) is 10.6. The van der Waals surface area contributed by atoms with Gasteiger partial charge in [0.2, 0.25) is 5.95 Å². The molecule has 0 unspecified atom stereocenters. The molecule has 96 valence electrons. The Balaban J connectivity index is 2.09. The van der Waals surface area contributed by atoms with Crippen LogP contribution in [0.3, 0.4) is 0 Å². The van der Waals surface area contributed by atoms with Crippen LogP contribution in [0.2, 0.25) is 0 Å². The summed E-state index contributed by atoms with van der Waals surface area (Å²) in [5.41, 5.74) is 1.99. The van der Waals surface area contributed by atoms with Crippen LogP contribution >= 0.6 is 11.3 Å². The van der Waals surface area contributed by atoms with Crippen molar-refractivity contribution < 1.29 is 0 Å². The van der Waals surface area contributed by atoms with Crippen LogP contribution in [0.25, 0.3) is 10.9 Å². The zero-order chi connectivity index (χ0) is 13.1. The fourth-order valence-electron chi connectivity index (χ4n) is 1.88. The number of nitrogens with one attached hydrogen (secondary N) is 2. The third kappa shape index (κ3) is 2.51. The van der Waals surface area contributed by atoms with Crippen LogP contribution in [0.1, 0.15) is 6.92 Å². The zero-order valence-corrected chi connectivity index (χ0v) is 11.4. The Kier molecular flexibility index (Phi) is 3.29. The highest BCUT2D eigenvalue weighted by atomic mass is 32.1. The molecule has 0 atom stereocenters. The van der Waals surface area contributed by atoms with Crippen molar-refractivity contribution in [3.8, 4) is 0 Å². The number of para-hydroxylation sites is 1. The van der Waals surface area contributed by atoms with E-state index in [9.17, 15) is 0 Å². The Labute approximate surface area is 115 Å². The first kappa shape index (κ1) is 11.9. The molecule has 3 aromatic rings.